The van der Waals surface area contributed by atoms with Gasteiger partial charge in [-0.3, -0.25) is 13.4 Å². The molecule has 0 amide bonds. The van der Waals surface area contributed by atoms with Gasteiger partial charge in [0, 0.05) is 16.8 Å². The van der Waals surface area contributed by atoms with Crippen LogP contribution in [0, 0.1) is 0 Å². The second-order valence-corrected chi connectivity index (χ2v) is 8.37. The number of benzene rings is 5. The van der Waals surface area contributed by atoms with Crippen molar-refractivity contribution in [3.8, 4) is 11.1 Å². The molecule has 0 unspecified atom stereocenters. The van der Waals surface area contributed by atoms with Crippen LogP contribution in [0.25, 0.3) is 38.7 Å². The maximum absolute atomic E-state index is 14.2. The van der Waals surface area contributed by atoms with E-state index in [0.717, 1.165) is 32.3 Å². The fraction of sp³-hybridized carbons (Fsp3) is 0. The van der Waals surface area contributed by atoms with E-state index in [4.69, 9.17) is 0 Å². The first-order valence-corrected chi connectivity index (χ1v) is 11.0. The lowest BCUT2D eigenvalue weighted by molar-refractivity contribution is 0.104. The Kier molecular flexibility index (Phi) is 4.77. The van der Waals surface area contributed by atoms with Crippen LogP contribution in [0.1, 0.15) is 15.9 Å². The van der Waals surface area contributed by atoms with Gasteiger partial charge >= 0.3 is 7.40 Å². The summed E-state index contributed by atoms with van der Waals surface area (Å²) in [5.74, 6) is -0.270. The fourth-order valence-electron chi connectivity index (χ4n) is 4.80. The van der Waals surface area contributed by atoms with Gasteiger partial charge in [0.2, 0.25) is 0 Å². The monoisotopic (exact) mass is 445 g/mol. The van der Waals surface area contributed by atoms with Gasteiger partial charge in [-0.25, -0.2) is 0 Å². The Bertz CT molecular complexity index is 1610. The Morgan fingerprint density at radius 1 is 0.647 bits per heavy atom. The van der Waals surface area contributed by atoms with Crippen LogP contribution in [0.3, 0.4) is 0 Å². The fourth-order valence-corrected chi connectivity index (χ4v) is 4.80. The molecule has 0 atom stereocenters. The predicted molar refractivity (Wildman–Crippen MR) is 137 cm³/mol. The molecule has 0 saturated heterocycles. The van der Waals surface area contributed by atoms with Gasteiger partial charge in [0.1, 0.15) is 0 Å². The maximum Gasteiger partial charge on any atom is 0.678 e. The summed E-state index contributed by atoms with van der Waals surface area (Å²) in [4.78, 5) is 13.9. The molecule has 0 bridgehead atoms. The zero-order chi connectivity index (χ0) is 23.2. The number of hydrogen-bond donors (Lipinski definition) is 0. The summed E-state index contributed by atoms with van der Waals surface area (Å²) in [5, 5.41) is 3.86. The molecular weight excluding hydrogens is 427 g/mol. The molecule has 1 aliphatic rings. The largest absolute Gasteiger partial charge is 0.678 e. The SMILES string of the molecule is O=C1C=Cc2cc(-c3ccc4ccccc4c3)cc3ccc(N(B(F)F)c4ccccc4)c1c23. The Balaban J connectivity index is 1.56. The molecule has 34 heavy (non-hydrogen) atoms. The van der Waals surface area contributed by atoms with Crippen LogP contribution in [-0.4, -0.2) is 13.2 Å². The van der Waals surface area contributed by atoms with Crippen molar-refractivity contribution in [3.63, 3.8) is 0 Å². The van der Waals surface area contributed by atoms with Gasteiger partial charge in [-0.05, 0) is 75.3 Å². The summed E-state index contributed by atoms with van der Waals surface area (Å²) >= 11 is 0. The van der Waals surface area contributed by atoms with E-state index in [1.165, 1.54) is 11.5 Å². The number of carbonyl (C=O) groups excluding carboxylic acids is 1. The molecular formula is C29H18BF2NO. The van der Waals surface area contributed by atoms with Gasteiger partial charge in [-0.1, -0.05) is 66.7 Å². The number of carbonyl (C=O) groups is 1. The first-order valence-electron chi connectivity index (χ1n) is 11.0. The van der Waals surface area contributed by atoms with Gasteiger partial charge in [0.15, 0.2) is 5.78 Å². The quantitative estimate of drug-likeness (QED) is 0.262. The number of ketones is 1. The summed E-state index contributed by atoms with van der Waals surface area (Å²) in [6.45, 7) is 0. The highest BCUT2D eigenvalue weighted by molar-refractivity contribution is 6.51. The molecule has 0 fully saturated rings. The van der Waals surface area contributed by atoms with Crippen molar-refractivity contribution in [2.45, 2.75) is 0 Å². The molecule has 162 valence electrons. The van der Waals surface area contributed by atoms with Gasteiger partial charge in [-0.2, -0.15) is 0 Å². The van der Waals surface area contributed by atoms with Crippen LogP contribution in [0.15, 0.2) is 103 Å². The highest BCUT2D eigenvalue weighted by Gasteiger charge is 2.32. The zero-order valence-electron chi connectivity index (χ0n) is 18.1. The van der Waals surface area contributed by atoms with E-state index >= 15 is 0 Å². The molecule has 0 radical (unpaired) electrons. The standard InChI is InChI=1S/C29H18BF2NO/c31-30(32)33(25-8-2-1-3-9-25)26-14-12-22-17-24(18-23-13-15-27(34)29(26)28(22)23)21-11-10-19-6-4-5-7-20(19)16-21/h1-18H. The number of nitrogens with zero attached hydrogens (tertiary/aromatic N) is 1. The first kappa shape index (κ1) is 20.4. The summed E-state index contributed by atoms with van der Waals surface area (Å²) in [5.41, 5.74) is 3.78. The topological polar surface area (TPSA) is 20.3 Å². The molecule has 5 aromatic rings. The number of fused-ring (bicyclic) bond motifs is 1. The third-order valence-corrected chi connectivity index (χ3v) is 6.36. The molecule has 5 heteroatoms. The van der Waals surface area contributed by atoms with E-state index < -0.39 is 7.40 Å². The second-order valence-electron chi connectivity index (χ2n) is 8.37. The number of allylic oxidation sites excluding steroid dienone is 1. The van der Waals surface area contributed by atoms with E-state index in [0.29, 0.717) is 16.6 Å². The minimum absolute atomic E-state index is 0.211. The van der Waals surface area contributed by atoms with Crippen LogP contribution in [0.4, 0.5) is 20.0 Å². The molecule has 0 N–H and O–H groups in total. The maximum atomic E-state index is 14.2. The van der Waals surface area contributed by atoms with Crippen molar-refractivity contribution in [2.24, 2.45) is 0 Å². The number of halogens is 2. The Morgan fingerprint density at radius 2 is 1.35 bits per heavy atom. The van der Waals surface area contributed by atoms with E-state index in [1.54, 1.807) is 42.5 Å². The lowest BCUT2D eigenvalue weighted by Crippen LogP contribution is -2.29. The minimum atomic E-state index is -2.80. The van der Waals surface area contributed by atoms with Gasteiger partial charge < -0.3 is 4.81 Å². The van der Waals surface area contributed by atoms with Crippen LogP contribution in [-0.2, 0) is 0 Å². The normalized spacial score (nSPS) is 12.4. The van der Waals surface area contributed by atoms with Gasteiger partial charge in [0.05, 0.1) is 5.56 Å². The van der Waals surface area contributed by atoms with Crippen molar-refractivity contribution in [1.29, 1.82) is 0 Å². The van der Waals surface area contributed by atoms with E-state index in [1.807, 2.05) is 30.3 Å². The highest BCUT2D eigenvalue weighted by Crippen LogP contribution is 2.41. The summed E-state index contributed by atoms with van der Waals surface area (Å²) in [6.07, 6.45) is 3.25. The molecule has 0 heterocycles. The van der Waals surface area contributed by atoms with E-state index in [9.17, 15) is 13.4 Å². The average Bonchev–Trinajstić information content (AvgIpc) is 2.87. The molecule has 0 aromatic heterocycles. The van der Waals surface area contributed by atoms with E-state index in [-0.39, 0.29) is 11.5 Å². The average molecular weight is 445 g/mol. The highest BCUT2D eigenvalue weighted by atomic mass is 19.2. The van der Waals surface area contributed by atoms with Crippen molar-refractivity contribution in [3.05, 3.63) is 114 Å². The van der Waals surface area contributed by atoms with Gasteiger partial charge in [0.25, 0.3) is 0 Å². The lowest BCUT2D eigenvalue weighted by atomic mass is 9.86. The summed E-state index contributed by atoms with van der Waals surface area (Å²) < 4.78 is 28.5. The minimum Gasteiger partial charge on any atom is -0.325 e. The third kappa shape index (κ3) is 3.29. The van der Waals surface area contributed by atoms with Gasteiger partial charge in [-0.15, -0.1) is 0 Å². The van der Waals surface area contributed by atoms with E-state index in [2.05, 4.69) is 30.3 Å². The Labute approximate surface area is 196 Å². The molecule has 0 saturated carbocycles. The van der Waals surface area contributed by atoms with Crippen LogP contribution < -0.4 is 4.81 Å². The number of anilines is 2. The number of para-hydroxylation sites is 1. The smallest absolute Gasteiger partial charge is 0.325 e. The Hall–Kier alpha value is -4.25. The number of hydrogen-bond acceptors (Lipinski definition) is 2. The van der Waals surface area contributed by atoms with Crippen LogP contribution in [0.2, 0.25) is 0 Å². The number of rotatable bonds is 4. The predicted octanol–water partition coefficient (Wildman–Crippen LogP) is 7.93. The van der Waals surface area contributed by atoms with Crippen molar-refractivity contribution in [1.82, 2.24) is 0 Å². The lowest BCUT2D eigenvalue weighted by Gasteiger charge is -2.26. The molecule has 0 aliphatic heterocycles. The summed E-state index contributed by atoms with van der Waals surface area (Å²) in [6, 6.07) is 30.4. The molecule has 0 spiro atoms. The molecule has 5 aromatic carbocycles. The summed E-state index contributed by atoms with van der Waals surface area (Å²) in [7, 11) is -2.80. The van der Waals surface area contributed by atoms with Crippen LogP contribution >= 0.6 is 0 Å². The first-order chi connectivity index (χ1) is 16.6. The van der Waals surface area contributed by atoms with Crippen molar-refractivity contribution >= 4 is 52.2 Å². The van der Waals surface area contributed by atoms with Crippen molar-refractivity contribution in [2.75, 3.05) is 4.81 Å². The molecule has 1 aliphatic carbocycles. The molecule has 2 nitrogen and oxygen atoms in total. The van der Waals surface area contributed by atoms with Crippen LogP contribution in [0.5, 0.6) is 0 Å². The second kappa shape index (κ2) is 7.96. The zero-order valence-corrected chi connectivity index (χ0v) is 18.1. The third-order valence-electron chi connectivity index (χ3n) is 6.36. The Morgan fingerprint density at radius 3 is 2.15 bits per heavy atom. The molecule has 6 rings (SSSR count). The van der Waals surface area contributed by atoms with Crippen molar-refractivity contribution < 1.29 is 13.4 Å².